The number of nitrogens with one attached hydrogen (secondary N) is 1. The van der Waals surface area contributed by atoms with Crippen LogP contribution in [-0.2, 0) is 0 Å². The van der Waals surface area contributed by atoms with E-state index in [1.54, 1.807) is 6.07 Å². The first kappa shape index (κ1) is 14.0. The Balaban J connectivity index is 2.23. The monoisotopic (exact) mass is 287 g/mol. The minimum absolute atomic E-state index is 0.0448. The molecule has 1 aromatic carbocycles. The second-order valence-corrected chi connectivity index (χ2v) is 5.29. The van der Waals surface area contributed by atoms with Gasteiger partial charge in [0.25, 0.3) is 0 Å². The van der Waals surface area contributed by atoms with Crippen LogP contribution < -0.4 is 5.32 Å². The molecule has 1 aromatic heterocycles. The molecule has 1 atom stereocenters. The Morgan fingerprint density at radius 3 is 2.90 bits per heavy atom. The van der Waals surface area contributed by atoms with Gasteiger partial charge in [0.05, 0.1) is 17.3 Å². The second kappa shape index (κ2) is 5.72. The zero-order valence-corrected chi connectivity index (χ0v) is 11.9. The van der Waals surface area contributed by atoms with E-state index in [1.807, 2.05) is 26.0 Å². The fourth-order valence-corrected chi connectivity index (χ4v) is 2.55. The van der Waals surface area contributed by atoms with E-state index in [2.05, 4.69) is 16.4 Å². The number of hydrogen-bond acceptors (Lipinski definition) is 5. The van der Waals surface area contributed by atoms with Gasteiger partial charge < -0.3 is 10.4 Å². The Hall–Kier alpha value is -2.39. The van der Waals surface area contributed by atoms with E-state index in [1.165, 1.54) is 16.7 Å². The van der Waals surface area contributed by atoms with Crippen LogP contribution >= 0.6 is 11.3 Å². The van der Waals surface area contributed by atoms with Crippen molar-refractivity contribution in [3.63, 3.8) is 0 Å². The lowest BCUT2D eigenvalue weighted by Gasteiger charge is -2.14. The first-order chi connectivity index (χ1) is 9.51. The molecular formula is C14H13N3O2S. The molecule has 0 aliphatic rings. The molecule has 0 saturated heterocycles. The maximum Gasteiger partial charge on any atom is 0.355 e. The number of aryl methyl sites for hydroxylation is 1. The number of rotatable bonds is 4. The van der Waals surface area contributed by atoms with Crippen molar-refractivity contribution < 1.29 is 9.90 Å². The number of benzene rings is 1. The lowest BCUT2D eigenvalue weighted by atomic mass is 10.1. The van der Waals surface area contributed by atoms with Crippen LogP contribution in [0, 0.1) is 18.3 Å². The number of thiazole rings is 1. The fraction of sp³-hybridized carbons (Fsp3) is 0.214. The van der Waals surface area contributed by atoms with Crippen LogP contribution in [0.15, 0.2) is 23.6 Å². The summed E-state index contributed by atoms with van der Waals surface area (Å²) in [5, 5.41) is 23.3. The Labute approximate surface area is 120 Å². The smallest absolute Gasteiger partial charge is 0.355 e. The summed E-state index contributed by atoms with van der Waals surface area (Å²) in [6.07, 6.45) is 0. The molecule has 0 fully saturated rings. The number of hydrogen-bond donors (Lipinski definition) is 2. The van der Waals surface area contributed by atoms with E-state index in [0.29, 0.717) is 10.6 Å². The fourth-order valence-electron chi connectivity index (χ4n) is 1.75. The molecule has 2 rings (SSSR count). The van der Waals surface area contributed by atoms with Gasteiger partial charge in [-0.2, -0.15) is 5.26 Å². The molecule has 2 N–H and O–H groups in total. The van der Waals surface area contributed by atoms with Gasteiger partial charge in [-0.1, -0.05) is 6.07 Å². The number of aromatic carboxylic acids is 1. The topological polar surface area (TPSA) is 86.0 Å². The summed E-state index contributed by atoms with van der Waals surface area (Å²) in [4.78, 5) is 14.9. The number of nitriles is 1. The summed E-state index contributed by atoms with van der Waals surface area (Å²) < 4.78 is 0. The molecule has 102 valence electrons. The molecule has 20 heavy (non-hydrogen) atoms. The van der Waals surface area contributed by atoms with Gasteiger partial charge in [-0.15, -0.1) is 11.3 Å². The molecule has 0 aliphatic heterocycles. The van der Waals surface area contributed by atoms with Gasteiger partial charge in [0.15, 0.2) is 5.69 Å². The Morgan fingerprint density at radius 1 is 1.55 bits per heavy atom. The van der Waals surface area contributed by atoms with E-state index in [0.717, 1.165) is 11.3 Å². The van der Waals surface area contributed by atoms with Crippen LogP contribution in [0.4, 0.5) is 5.69 Å². The number of carboxylic acid groups (broad SMARTS) is 1. The molecule has 1 unspecified atom stereocenters. The zero-order chi connectivity index (χ0) is 14.7. The van der Waals surface area contributed by atoms with Gasteiger partial charge in [-0.25, -0.2) is 9.78 Å². The van der Waals surface area contributed by atoms with Crippen LogP contribution in [0.2, 0.25) is 0 Å². The minimum atomic E-state index is -1.03. The first-order valence-corrected chi connectivity index (χ1v) is 6.85. The third-order valence-corrected chi connectivity index (χ3v) is 3.81. The summed E-state index contributed by atoms with van der Waals surface area (Å²) in [6.45, 7) is 3.83. The molecule has 2 aromatic rings. The first-order valence-electron chi connectivity index (χ1n) is 5.97. The average molecular weight is 287 g/mol. The van der Waals surface area contributed by atoms with Gasteiger partial charge in [-0.05, 0) is 31.5 Å². The minimum Gasteiger partial charge on any atom is -0.476 e. The third-order valence-electron chi connectivity index (χ3n) is 2.78. The molecular weight excluding hydrogens is 274 g/mol. The van der Waals surface area contributed by atoms with Crippen LogP contribution in [0.3, 0.4) is 0 Å². The van der Waals surface area contributed by atoms with Crippen molar-refractivity contribution in [1.82, 2.24) is 4.98 Å². The molecule has 0 saturated carbocycles. The standard InChI is InChI=1S/C14H13N3O2S/c1-8-3-4-10(6-15)11(5-8)16-9(2)13-17-12(7-20-13)14(18)19/h3-5,7,9,16H,1-2H3,(H,18,19). The predicted molar refractivity (Wildman–Crippen MR) is 77.0 cm³/mol. The summed E-state index contributed by atoms with van der Waals surface area (Å²) in [6, 6.07) is 7.49. The molecule has 0 radical (unpaired) electrons. The van der Waals surface area contributed by atoms with Crippen molar-refractivity contribution in [2.24, 2.45) is 0 Å². The van der Waals surface area contributed by atoms with E-state index >= 15 is 0 Å². The van der Waals surface area contributed by atoms with Gasteiger partial charge in [-0.3, -0.25) is 0 Å². The van der Waals surface area contributed by atoms with Crippen molar-refractivity contribution in [3.8, 4) is 6.07 Å². The van der Waals surface area contributed by atoms with Gasteiger partial charge in [0.1, 0.15) is 11.1 Å². The summed E-state index contributed by atoms with van der Waals surface area (Å²) in [5.74, 6) is -1.03. The predicted octanol–water partition coefficient (Wildman–Crippen LogP) is 3.19. The summed E-state index contributed by atoms with van der Waals surface area (Å²) in [5.41, 5.74) is 2.37. The maximum atomic E-state index is 10.8. The van der Waals surface area contributed by atoms with Crippen LogP contribution in [-0.4, -0.2) is 16.1 Å². The highest BCUT2D eigenvalue weighted by Gasteiger charge is 2.15. The van der Waals surface area contributed by atoms with Crippen molar-refractivity contribution in [1.29, 1.82) is 5.26 Å². The highest BCUT2D eigenvalue weighted by Crippen LogP contribution is 2.25. The molecule has 0 amide bonds. The molecule has 5 nitrogen and oxygen atoms in total. The lowest BCUT2D eigenvalue weighted by molar-refractivity contribution is 0.0691. The quantitative estimate of drug-likeness (QED) is 0.901. The van der Waals surface area contributed by atoms with E-state index < -0.39 is 5.97 Å². The molecule has 0 spiro atoms. The number of carbonyl (C=O) groups is 1. The lowest BCUT2D eigenvalue weighted by Crippen LogP contribution is -2.08. The normalized spacial score (nSPS) is 11.7. The van der Waals surface area contributed by atoms with Crippen molar-refractivity contribution in [2.75, 3.05) is 5.32 Å². The number of nitrogens with zero attached hydrogens (tertiary/aromatic N) is 2. The number of aromatic nitrogens is 1. The largest absolute Gasteiger partial charge is 0.476 e. The summed E-state index contributed by atoms with van der Waals surface area (Å²) in [7, 11) is 0. The SMILES string of the molecule is Cc1ccc(C#N)c(NC(C)c2nc(C(=O)O)cs2)c1. The van der Waals surface area contributed by atoms with Crippen LogP contribution in [0.25, 0.3) is 0 Å². The Bertz CT molecular complexity index is 688. The van der Waals surface area contributed by atoms with Crippen molar-refractivity contribution in [3.05, 3.63) is 45.4 Å². The second-order valence-electron chi connectivity index (χ2n) is 4.40. The van der Waals surface area contributed by atoms with Crippen molar-refractivity contribution in [2.45, 2.75) is 19.9 Å². The van der Waals surface area contributed by atoms with Crippen molar-refractivity contribution >= 4 is 23.0 Å². The Morgan fingerprint density at radius 2 is 2.30 bits per heavy atom. The number of anilines is 1. The molecule has 0 aliphatic carbocycles. The maximum absolute atomic E-state index is 10.8. The van der Waals surface area contributed by atoms with Gasteiger partial charge in [0.2, 0.25) is 0 Å². The van der Waals surface area contributed by atoms with Gasteiger partial charge >= 0.3 is 5.97 Å². The molecule has 6 heteroatoms. The summed E-state index contributed by atoms with van der Waals surface area (Å²) >= 11 is 1.29. The highest BCUT2D eigenvalue weighted by molar-refractivity contribution is 7.09. The van der Waals surface area contributed by atoms with E-state index in [-0.39, 0.29) is 11.7 Å². The molecule has 0 bridgehead atoms. The third kappa shape index (κ3) is 2.95. The number of carboxylic acids is 1. The average Bonchev–Trinajstić information content (AvgIpc) is 2.89. The van der Waals surface area contributed by atoms with Crippen LogP contribution in [0.1, 0.15) is 39.6 Å². The molecule has 1 heterocycles. The Kier molecular flexibility index (Phi) is 4.01. The van der Waals surface area contributed by atoms with Crippen LogP contribution in [0.5, 0.6) is 0 Å². The highest BCUT2D eigenvalue weighted by atomic mass is 32.1. The van der Waals surface area contributed by atoms with E-state index in [9.17, 15) is 4.79 Å². The van der Waals surface area contributed by atoms with Gasteiger partial charge in [0, 0.05) is 5.38 Å². The van der Waals surface area contributed by atoms with E-state index in [4.69, 9.17) is 10.4 Å². The zero-order valence-electron chi connectivity index (χ0n) is 11.0.